The highest BCUT2D eigenvalue weighted by Crippen LogP contribution is 2.41. The van der Waals surface area contributed by atoms with Crippen LogP contribution in [0.2, 0.25) is 0 Å². The lowest BCUT2D eigenvalue weighted by Crippen LogP contribution is -2.40. The van der Waals surface area contributed by atoms with Gasteiger partial charge in [-0.3, -0.25) is 0 Å². The summed E-state index contributed by atoms with van der Waals surface area (Å²) in [5.74, 6) is 0. The van der Waals surface area contributed by atoms with Gasteiger partial charge in [0.25, 0.3) is 0 Å². The van der Waals surface area contributed by atoms with E-state index in [0.717, 1.165) is 29.5 Å². The lowest BCUT2D eigenvalue weighted by atomic mass is 9.80. The van der Waals surface area contributed by atoms with Gasteiger partial charge in [-0.15, -0.1) is 0 Å². The van der Waals surface area contributed by atoms with E-state index in [1.807, 2.05) is 54.6 Å². The molecule has 0 amide bonds. The van der Waals surface area contributed by atoms with E-state index in [1.165, 1.54) is 0 Å². The maximum absolute atomic E-state index is 10.8. The van der Waals surface area contributed by atoms with E-state index >= 15 is 0 Å². The lowest BCUT2D eigenvalue weighted by Gasteiger charge is -2.37. The molecule has 1 fully saturated rings. The number of hydrogen-bond acceptors (Lipinski definition) is 4. The van der Waals surface area contributed by atoms with Gasteiger partial charge in [0.05, 0.1) is 13.2 Å². The number of unbranched alkanes of at least 4 members (excludes halogenated alkanes) is 1. The van der Waals surface area contributed by atoms with Crippen molar-refractivity contribution in [2.24, 2.45) is 0 Å². The van der Waals surface area contributed by atoms with Crippen LogP contribution in [0.15, 0.2) is 91.0 Å². The minimum atomic E-state index is -0.825. The molecule has 0 unspecified atom stereocenters. The first-order valence-electron chi connectivity index (χ1n) is 11.5. The van der Waals surface area contributed by atoms with Crippen LogP contribution < -0.4 is 0 Å². The molecule has 0 aliphatic carbocycles. The van der Waals surface area contributed by atoms with E-state index < -0.39 is 17.8 Å². The van der Waals surface area contributed by atoms with Gasteiger partial charge in [0, 0.05) is 6.61 Å². The lowest BCUT2D eigenvalue weighted by molar-refractivity contribution is -0.0757. The summed E-state index contributed by atoms with van der Waals surface area (Å²) in [6.07, 6.45) is 0.562. The molecule has 168 valence electrons. The van der Waals surface area contributed by atoms with Crippen molar-refractivity contribution in [3.05, 3.63) is 108 Å². The number of aliphatic hydroxyl groups excluding tert-OH is 1. The topological polar surface area (TPSA) is 47.9 Å². The predicted molar refractivity (Wildman–Crippen MR) is 126 cm³/mol. The van der Waals surface area contributed by atoms with E-state index in [0.29, 0.717) is 13.2 Å². The van der Waals surface area contributed by atoms with Crippen molar-refractivity contribution in [2.45, 2.75) is 43.7 Å². The van der Waals surface area contributed by atoms with Crippen LogP contribution in [0.4, 0.5) is 0 Å². The second-order valence-corrected chi connectivity index (χ2v) is 8.22. The summed E-state index contributed by atoms with van der Waals surface area (Å²) in [6, 6.07) is 30.7. The normalized spacial score (nSPS) is 21.0. The molecule has 3 aromatic rings. The van der Waals surface area contributed by atoms with Crippen LogP contribution in [0.25, 0.3) is 0 Å². The van der Waals surface area contributed by atoms with E-state index in [-0.39, 0.29) is 12.7 Å². The van der Waals surface area contributed by atoms with Crippen molar-refractivity contribution >= 4 is 0 Å². The molecule has 0 saturated carbocycles. The Hall–Kier alpha value is -2.50. The van der Waals surface area contributed by atoms with Crippen molar-refractivity contribution in [3.8, 4) is 0 Å². The second-order valence-electron chi connectivity index (χ2n) is 8.22. The molecule has 4 nitrogen and oxygen atoms in total. The zero-order valence-corrected chi connectivity index (χ0v) is 18.6. The number of rotatable bonds is 10. The Bertz CT molecular complexity index is 833. The first-order valence-corrected chi connectivity index (χ1v) is 11.5. The zero-order chi connectivity index (χ0) is 22.2. The Balaban J connectivity index is 1.65. The van der Waals surface area contributed by atoms with Gasteiger partial charge in [-0.1, -0.05) is 104 Å². The Morgan fingerprint density at radius 3 is 1.81 bits per heavy atom. The first-order chi connectivity index (χ1) is 15.8. The molecular weight excluding hydrogens is 400 g/mol. The first kappa shape index (κ1) is 22.7. The van der Waals surface area contributed by atoms with Gasteiger partial charge in [-0.05, 0) is 23.1 Å². The molecule has 3 aromatic carbocycles. The summed E-state index contributed by atoms with van der Waals surface area (Å²) >= 11 is 0. The SMILES string of the molecule is CCCCO[C@@H]1CO[C@H](COC(c2ccccc2)(c2ccccc2)c2ccccc2)[C@@H]1O. The van der Waals surface area contributed by atoms with Crippen LogP contribution in [0.5, 0.6) is 0 Å². The predicted octanol–water partition coefficient (Wildman–Crippen LogP) is 4.94. The summed E-state index contributed by atoms with van der Waals surface area (Å²) in [5.41, 5.74) is 2.26. The molecule has 0 radical (unpaired) electrons. The summed E-state index contributed by atoms with van der Waals surface area (Å²) in [4.78, 5) is 0. The smallest absolute Gasteiger partial charge is 0.143 e. The van der Waals surface area contributed by atoms with E-state index in [9.17, 15) is 5.11 Å². The fourth-order valence-electron chi connectivity index (χ4n) is 4.30. The molecule has 1 aliphatic heterocycles. The fourth-order valence-corrected chi connectivity index (χ4v) is 4.30. The molecular formula is C28H32O4. The van der Waals surface area contributed by atoms with Crippen LogP contribution >= 0.6 is 0 Å². The number of aliphatic hydroxyl groups is 1. The zero-order valence-electron chi connectivity index (χ0n) is 18.6. The molecule has 0 spiro atoms. The van der Waals surface area contributed by atoms with Crippen molar-refractivity contribution < 1.29 is 19.3 Å². The minimum Gasteiger partial charge on any atom is -0.388 e. The molecule has 1 N–H and O–H groups in total. The average Bonchev–Trinajstić information content (AvgIpc) is 3.21. The van der Waals surface area contributed by atoms with Gasteiger partial charge in [-0.2, -0.15) is 0 Å². The summed E-state index contributed by atoms with van der Waals surface area (Å²) in [6.45, 7) is 3.39. The van der Waals surface area contributed by atoms with Gasteiger partial charge in [-0.25, -0.2) is 0 Å². The Labute approximate surface area is 190 Å². The van der Waals surface area contributed by atoms with E-state index in [2.05, 4.69) is 43.3 Å². The van der Waals surface area contributed by atoms with Crippen LogP contribution in [0, 0.1) is 0 Å². The summed E-state index contributed by atoms with van der Waals surface area (Å²) in [7, 11) is 0. The summed E-state index contributed by atoms with van der Waals surface area (Å²) in [5, 5.41) is 10.8. The maximum Gasteiger partial charge on any atom is 0.143 e. The quantitative estimate of drug-likeness (QED) is 0.364. The molecule has 1 aliphatic rings. The molecule has 32 heavy (non-hydrogen) atoms. The highest BCUT2D eigenvalue weighted by molar-refractivity contribution is 5.47. The van der Waals surface area contributed by atoms with Crippen LogP contribution in [0.3, 0.4) is 0 Å². The largest absolute Gasteiger partial charge is 0.388 e. The highest BCUT2D eigenvalue weighted by Gasteiger charge is 2.42. The third-order valence-electron chi connectivity index (χ3n) is 6.07. The van der Waals surface area contributed by atoms with Crippen molar-refractivity contribution in [2.75, 3.05) is 19.8 Å². The van der Waals surface area contributed by atoms with E-state index in [1.54, 1.807) is 0 Å². The number of benzene rings is 3. The molecule has 4 heteroatoms. The maximum atomic E-state index is 10.8. The Kier molecular flexibility index (Phi) is 7.72. The molecule has 1 saturated heterocycles. The summed E-state index contributed by atoms with van der Waals surface area (Å²) < 4.78 is 18.5. The minimum absolute atomic E-state index is 0.244. The molecule has 3 atom stereocenters. The van der Waals surface area contributed by atoms with E-state index in [4.69, 9.17) is 14.2 Å². The molecule has 4 rings (SSSR count). The van der Waals surface area contributed by atoms with Gasteiger partial charge in [0.2, 0.25) is 0 Å². The van der Waals surface area contributed by atoms with Crippen LogP contribution in [-0.2, 0) is 19.8 Å². The third-order valence-corrected chi connectivity index (χ3v) is 6.07. The van der Waals surface area contributed by atoms with Gasteiger partial charge in [0.15, 0.2) is 0 Å². The fraction of sp³-hybridized carbons (Fsp3) is 0.357. The Morgan fingerprint density at radius 1 is 0.844 bits per heavy atom. The second kappa shape index (κ2) is 10.9. The molecule has 1 heterocycles. The van der Waals surface area contributed by atoms with Crippen molar-refractivity contribution in [1.29, 1.82) is 0 Å². The standard InChI is InChI=1S/C28H32O4/c1-2-3-19-30-25-20-31-26(27(25)29)21-32-28(22-13-7-4-8-14-22,23-15-9-5-10-16-23)24-17-11-6-12-18-24/h4-18,25-27,29H,2-3,19-21H2,1H3/t25-,26-,27-/m1/s1. The van der Waals surface area contributed by atoms with Crippen molar-refractivity contribution in [1.82, 2.24) is 0 Å². The molecule has 0 aromatic heterocycles. The van der Waals surface area contributed by atoms with Crippen LogP contribution in [-0.4, -0.2) is 43.2 Å². The Morgan fingerprint density at radius 2 is 1.34 bits per heavy atom. The number of ether oxygens (including phenoxy) is 3. The third kappa shape index (κ3) is 4.79. The van der Waals surface area contributed by atoms with Gasteiger partial charge < -0.3 is 19.3 Å². The van der Waals surface area contributed by atoms with Crippen LogP contribution in [0.1, 0.15) is 36.5 Å². The average molecular weight is 433 g/mol. The highest BCUT2D eigenvalue weighted by atomic mass is 16.6. The van der Waals surface area contributed by atoms with Crippen molar-refractivity contribution in [3.63, 3.8) is 0 Å². The van der Waals surface area contributed by atoms with Gasteiger partial charge in [0.1, 0.15) is 23.9 Å². The molecule has 0 bridgehead atoms. The van der Waals surface area contributed by atoms with Gasteiger partial charge >= 0.3 is 0 Å². The monoisotopic (exact) mass is 432 g/mol. The number of hydrogen-bond donors (Lipinski definition) is 1.